The Kier molecular flexibility index (Phi) is 3.40. The van der Waals surface area contributed by atoms with Gasteiger partial charge in [-0.2, -0.15) is 0 Å². The first-order valence-corrected chi connectivity index (χ1v) is 6.88. The molecule has 0 aromatic heterocycles. The average Bonchev–Trinajstić information content (AvgIpc) is 3.12. The number of hydrogen-bond acceptors (Lipinski definition) is 1. The van der Waals surface area contributed by atoms with Crippen molar-refractivity contribution >= 4 is 17.6 Å². The second-order valence-corrected chi connectivity index (χ2v) is 5.68. The van der Waals surface area contributed by atoms with E-state index >= 15 is 0 Å². The summed E-state index contributed by atoms with van der Waals surface area (Å²) in [5.74, 6) is -4.22. The molecule has 1 aliphatic rings. The van der Waals surface area contributed by atoms with Crippen LogP contribution in [0.5, 0.6) is 0 Å². The van der Waals surface area contributed by atoms with E-state index in [9.17, 15) is 18.0 Å². The van der Waals surface area contributed by atoms with Crippen molar-refractivity contribution in [3.8, 4) is 11.1 Å². The summed E-state index contributed by atoms with van der Waals surface area (Å²) in [6.07, 6.45) is -0.229. The zero-order valence-corrected chi connectivity index (χ0v) is 11.9. The normalized spacial score (nSPS) is 23.4. The second-order valence-electron chi connectivity index (χ2n) is 5.24. The van der Waals surface area contributed by atoms with Crippen molar-refractivity contribution < 1.29 is 23.1 Å². The number of benzene rings is 2. The van der Waals surface area contributed by atoms with E-state index in [1.165, 1.54) is 24.3 Å². The van der Waals surface area contributed by atoms with Crippen molar-refractivity contribution in [3.05, 3.63) is 58.6 Å². The summed E-state index contributed by atoms with van der Waals surface area (Å²) in [5.41, 5.74) is -2.67. The second kappa shape index (κ2) is 5.02. The third kappa shape index (κ3) is 2.25. The van der Waals surface area contributed by atoms with E-state index in [1.54, 1.807) is 0 Å². The van der Waals surface area contributed by atoms with Gasteiger partial charge in [0, 0.05) is 11.4 Å². The highest BCUT2D eigenvalue weighted by Gasteiger charge is 2.62. The van der Waals surface area contributed by atoms with Crippen LogP contribution in [0.1, 0.15) is 12.0 Å². The smallest absolute Gasteiger partial charge is 0.310 e. The van der Waals surface area contributed by atoms with Crippen molar-refractivity contribution in [3.63, 3.8) is 0 Å². The lowest BCUT2D eigenvalue weighted by Crippen LogP contribution is -2.11. The van der Waals surface area contributed by atoms with E-state index in [0.29, 0.717) is 0 Å². The lowest BCUT2D eigenvalue weighted by Gasteiger charge is -2.15. The summed E-state index contributed by atoms with van der Waals surface area (Å²) in [6, 6.07) is 7.20. The quantitative estimate of drug-likeness (QED) is 0.898. The van der Waals surface area contributed by atoms with Crippen LogP contribution >= 0.6 is 11.6 Å². The van der Waals surface area contributed by atoms with E-state index in [4.69, 9.17) is 16.7 Å². The number of halogens is 4. The zero-order chi connectivity index (χ0) is 16.1. The predicted molar refractivity (Wildman–Crippen MR) is 75.3 cm³/mol. The average molecular weight is 327 g/mol. The molecule has 0 saturated heterocycles. The van der Waals surface area contributed by atoms with Gasteiger partial charge < -0.3 is 5.11 Å². The molecule has 0 unspecified atom stereocenters. The minimum absolute atomic E-state index is 0.0608. The maximum atomic E-state index is 14.8. The Labute approximate surface area is 129 Å². The molecule has 0 spiro atoms. The van der Waals surface area contributed by atoms with Crippen molar-refractivity contribution in [1.29, 1.82) is 0 Å². The van der Waals surface area contributed by atoms with Crippen LogP contribution in [-0.4, -0.2) is 11.1 Å². The summed E-state index contributed by atoms with van der Waals surface area (Å²) in [7, 11) is 0. The fourth-order valence-corrected chi connectivity index (χ4v) is 2.83. The van der Waals surface area contributed by atoms with Crippen molar-refractivity contribution in [2.45, 2.75) is 12.1 Å². The number of rotatable bonds is 3. The predicted octanol–water partition coefficient (Wildman–Crippen LogP) is 4.55. The van der Waals surface area contributed by atoms with Crippen molar-refractivity contribution in [1.82, 2.24) is 0 Å². The molecule has 6 heteroatoms. The molecule has 3 rings (SSSR count). The third-order valence-corrected chi connectivity index (χ3v) is 4.09. The van der Waals surface area contributed by atoms with E-state index in [-0.39, 0.29) is 22.6 Å². The molecule has 2 aromatic carbocycles. The topological polar surface area (TPSA) is 37.3 Å². The maximum absolute atomic E-state index is 14.8. The monoisotopic (exact) mass is 326 g/mol. The first kappa shape index (κ1) is 14.9. The highest BCUT2D eigenvalue weighted by molar-refractivity contribution is 6.30. The van der Waals surface area contributed by atoms with Crippen molar-refractivity contribution in [2.75, 3.05) is 0 Å². The van der Waals surface area contributed by atoms with Crippen molar-refractivity contribution in [2.24, 2.45) is 5.92 Å². The number of alkyl halides is 1. The molecule has 1 aliphatic carbocycles. The van der Waals surface area contributed by atoms with Crippen LogP contribution in [0.25, 0.3) is 11.1 Å². The van der Waals surface area contributed by atoms with Gasteiger partial charge in [0.1, 0.15) is 11.6 Å². The number of aliphatic carboxylic acids is 1. The Bertz CT molecular complexity index is 758. The van der Waals surface area contributed by atoms with Gasteiger partial charge in [-0.05, 0) is 35.4 Å². The minimum Gasteiger partial charge on any atom is -0.481 e. The molecule has 2 nitrogen and oxygen atoms in total. The fraction of sp³-hybridized carbons (Fsp3) is 0.188. The highest BCUT2D eigenvalue weighted by Crippen LogP contribution is 2.58. The molecule has 1 N–H and O–H groups in total. The molecule has 2 aromatic rings. The molecule has 1 saturated carbocycles. The largest absolute Gasteiger partial charge is 0.481 e. The van der Waals surface area contributed by atoms with Gasteiger partial charge in [-0.25, -0.2) is 13.2 Å². The Morgan fingerprint density at radius 3 is 2.41 bits per heavy atom. The molecule has 114 valence electrons. The van der Waals surface area contributed by atoms with Gasteiger partial charge in [0.25, 0.3) is 0 Å². The Morgan fingerprint density at radius 1 is 1.23 bits per heavy atom. The Hall–Kier alpha value is -2.01. The highest BCUT2D eigenvalue weighted by atomic mass is 35.5. The summed E-state index contributed by atoms with van der Waals surface area (Å²) in [5, 5.41) is 9.14. The van der Waals surface area contributed by atoms with Gasteiger partial charge in [0.15, 0.2) is 5.67 Å². The summed E-state index contributed by atoms with van der Waals surface area (Å²) >= 11 is 5.86. The minimum atomic E-state index is -2.14. The van der Waals surface area contributed by atoms with Gasteiger partial charge in [0.2, 0.25) is 0 Å². The van der Waals surface area contributed by atoms with Crippen LogP contribution in [-0.2, 0) is 10.5 Å². The number of hydrogen-bond donors (Lipinski definition) is 1. The summed E-state index contributed by atoms with van der Waals surface area (Å²) < 4.78 is 42.8. The number of carboxylic acid groups (broad SMARTS) is 1. The van der Waals surface area contributed by atoms with Gasteiger partial charge in [-0.1, -0.05) is 23.7 Å². The molecule has 0 amide bonds. The van der Waals surface area contributed by atoms with E-state index in [1.807, 2.05) is 0 Å². The van der Waals surface area contributed by atoms with E-state index < -0.39 is 34.8 Å². The maximum Gasteiger partial charge on any atom is 0.310 e. The molecule has 0 radical (unpaired) electrons. The Morgan fingerprint density at radius 2 is 1.86 bits per heavy atom. The van der Waals surface area contributed by atoms with Crippen LogP contribution in [0.3, 0.4) is 0 Å². The lowest BCUT2D eigenvalue weighted by molar-refractivity contribution is -0.139. The van der Waals surface area contributed by atoms with Crippen LogP contribution in [0.2, 0.25) is 5.02 Å². The standard InChI is InChI=1S/C16H10ClF3O2/c17-8-4-5-10(16(20)7-11(16)15(21)22)9(6-8)14-12(18)2-1-3-13(14)19/h1-6,11H,7H2,(H,21,22)/t11-,16+/m1/s1. The SMILES string of the molecule is O=C(O)[C@H]1C[C@]1(F)c1ccc(Cl)cc1-c1c(F)cccc1F. The molecule has 0 bridgehead atoms. The van der Waals surface area contributed by atoms with Crippen LogP contribution in [0, 0.1) is 17.6 Å². The number of carboxylic acids is 1. The first-order chi connectivity index (χ1) is 10.3. The zero-order valence-electron chi connectivity index (χ0n) is 11.1. The van der Waals surface area contributed by atoms with Gasteiger partial charge in [-0.3, -0.25) is 4.79 Å². The Balaban J connectivity index is 2.21. The van der Waals surface area contributed by atoms with Crippen LogP contribution < -0.4 is 0 Å². The lowest BCUT2D eigenvalue weighted by atomic mass is 9.94. The molecule has 1 fully saturated rings. The molecule has 0 heterocycles. The fourth-order valence-electron chi connectivity index (χ4n) is 2.66. The van der Waals surface area contributed by atoms with Gasteiger partial charge in [0.05, 0.1) is 11.5 Å². The van der Waals surface area contributed by atoms with Crippen LogP contribution in [0.4, 0.5) is 13.2 Å². The molecule has 22 heavy (non-hydrogen) atoms. The molecular weight excluding hydrogens is 317 g/mol. The first-order valence-electron chi connectivity index (χ1n) is 6.50. The van der Waals surface area contributed by atoms with Gasteiger partial charge >= 0.3 is 5.97 Å². The summed E-state index contributed by atoms with van der Waals surface area (Å²) in [4.78, 5) is 11.0. The summed E-state index contributed by atoms with van der Waals surface area (Å²) in [6.45, 7) is 0. The molecular formula is C16H10ClF3O2. The van der Waals surface area contributed by atoms with E-state index in [2.05, 4.69) is 0 Å². The van der Waals surface area contributed by atoms with E-state index in [0.717, 1.165) is 12.1 Å². The van der Waals surface area contributed by atoms with Gasteiger partial charge in [-0.15, -0.1) is 0 Å². The third-order valence-electron chi connectivity index (χ3n) is 3.85. The number of carbonyl (C=O) groups is 1. The molecule has 0 aliphatic heterocycles. The molecule has 2 atom stereocenters. The van der Waals surface area contributed by atoms with Crippen LogP contribution in [0.15, 0.2) is 36.4 Å².